The number of carbonyl (C=O) groups is 2. The van der Waals surface area contributed by atoms with E-state index in [0.29, 0.717) is 11.7 Å². The van der Waals surface area contributed by atoms with E-state index < -0.39 is 11.6 Å². The van der Waals surface area contributed by atoms with Crippen molar-refractivity contribution in [2.24, 2.45) is 0 Å². The maximum atomic E-state index is 13.2. The van der Waals surface area contributed by atoms with Crippen molar-refractivity contribution in [3.05, 3.63) is 77.3 Å². The fourth-order valence-corrected chi connectivity index (χ4v) is 4.17. The van der Waals surface area contributed by atoms with E-state index in [1.54, 1.807) is 13.1 Å². The molecule has 0 saturated carbocycles. The van der Waals surface area contributed by atoms with Gasteiger partial charge in [0.25, 0.3) is 5.91 Å². The van der Waals surface area contributed by atoms with Crippen molar-refractivity contribution in [3.8, 4) is 11.3 Å². The highest BCUT2D eigenvalue weighted by Gasteiger charge is 2.49. The van der Waals surface area contributed by atoms with Crippen LogP contribution in [0.15, 0.2) is 59.1 Å². The van der Waals surface area contributed by atoms with Crippen LogP contribution in [0.5, 0.6) is 0 Å². The number of hydrogen-bond acceptors (Lipinski definition) is 4. The van der Waals surface area contributed by atoms with Gasteiger partial charge in [0, 0.05) is 5.56 Å². The molecule has 29 heavy (non-hydrogen) atoms. The number of urea groups is 1. The molecule has 5 rings (SSSR count). The largest absolute Gasteiger partial charge is 0.439 e. The topological polar surface area (TPSA) is 75.4 Å². The monoisotopic (exact) mass is 387 g/mol. The molecule has 6 heteroatoms. The van der Waals surface area contributed by atoms with Crippen molar-refractivity contribution in [1.82, 2.24) is 15.2 Å². The van der Waals surface area contributed by atoms with Crippen LogP contribution in [0.2, 0.25) is 0 Å². The summed E-state index contributed by atoms with van der Waals surface area (Å²) in [5.74, 6) is 0.638. The molecule has 0 bridgehead atoms. The van der Waals surface area contributed by atoms with Crippen LogP contribution in [-0.4, -0.2) is 21.8 Å². The standard InChI is InChI=1S/C23H21N3O3/c1-23(18-11-10-15-8-5-9-17(15)12-18)21(27)26(22(28)25-23)14-20-24-13-19(29-20)16-6-3-2-4-7-16/h2-4,6-7,10-13H,5,8-9,14H2,1H3,(H,25,28)/t23-/m0/s1. The SMILES string of the molecule is C[C@@]1(c2ccc3c(c2)CCC3)NC(=O)N(Cc2ncc(-c3ccccc3)o2)C1=O. The minimum atomic E-state index is -1.08. The Bertz CT molecular complexity index is 1110. The summed E-state index contributed by atoms with van der Waals surface area (Å²) in [7, 11) is 0. The van der Waals surface area contributed by atoms with Crippen molar-refractivity contribution in [2.45, 2.75) is 38.3 Å². The number of aryl methyl sites for hydroxylation is 2. The summed E-state index contributed by atoms with van der Waals surface area (Å²) in [5, 5.41) is 2.86. The van der Waals surface area contributed by atoms with Gasteiger partial charge in [-0.2, -0.15) is 0 Å². The van der Waals surface area contributed by atoms with E-state index in [0.717, 1.165) is 30.4 Å². The molecule has 1 N–H and O–H groups in total. The molecule has 2 heterocycles. The molecule has 1 aromatic heterocycles. The van der Waals surface area contributed by atoms with Crippen LogP contribution < -0.4 is 5.32 Å². The lowest BCUT2D eigenvalue weighted by atomic mass is 9.90. The molecular formula is C23H21N3O3. The average molecular weight is 387 g/mol. The molecular weight excluding hydrogens is 366 g/mol. The first kappa shape index (κ1) is 17.7. The Balaban J connectivity index is 1.39. The van der Waals surface area contributed by atoms with E-state index in [1.807, 2.05) is 36.4 Å². The molecule has 3 amide bonds. The maximum Gasteiger partial charge on any atom is 0.325 e. The van der Waals surface area contributed by atoms with Gasteiger partial charge in [0.15, 0.2) is 5.76 Å². The predicted octanol–water partition coefficient (Wildman–Crippen LogP) is 3.80. The number of oxazole rings is 1. The molecule has 1 atom stereocenters. The molecule has 1 aliphatic heterocycles. The van der Waals surface area contributed by atoms with Crippen LogP contribution in [0, 0.1) is 0 Å². The number of nitrogens with zero attached hydrogens (tertiary/aromatic N) is 2. The van der Waals surface area contributed by atoms with Gasteiger partial charge in [-0.15, -0.1) is 0 Å². The highest BCUT2D eigenvalue weighted by atomic mass is 16.4. The summed E-state index contributed by atoms with van der Waals surface area (Å²) < 4.78 is 5.78. The first-order chi connectivity index (χ1) is 14.0. The first-order valence-corrected chi connectivity index (χ1v) is 9.81. The zero-order chi connectivity index (χ0) is 20.0. The number of fused-ring (bicyclic) bond motifs is 1. The van der Waals surface area contributed by atoms with Gasteiger partial charge in [0.1, 0.15) is 12.1 Å². The summed E-state index contributed by atoms with van der Waals surface area (Å²) in [5.41, 5.74) is 3.23. The van der Waals surface area contributed by atoms with E-state index in [9.17, 15) is 9.59 Å². The number of hydrogen-bond donors (Lipinski definition) is 1. The molecule has 1 saturated heterocycles. The second-order valence-corrected chi connectivity index (χ2v) is 7.77. The lowest BCUT2D eigenvalue weighted by molar-refractivity contribution is -0.131. The van der Waals surface area contributed by atoms with Crippen molar-refractivity contribution in [1.29, 1.82) is 0 Å². The van der Waals surface area contributed by atoms with E-state index in [-0.39, 0.29) is 12.5 Å². The van der Waals surface area contributed by atoms with Crippen LogP contribution in [-0.2, 0) is 29.7 Å². The second kappa shape index (κ2) is 6.58. The summed E-state index contributed by atoms with van der Waals surface area (Å²) >= 11 is 0. The molecule has 6 nitrogen and oxygen atoms in total. The quantitative estimate of drug-likeness (QED) is 0.691. The highest BCUT2D eigenvalue weighted by molar-refractivity contribution is 6.07. The van der Waals surface area contributed by atoms with Gasteiger partial charge < -0.3 is 9.73 Å². The smallest absolute Gasteiger partial charge is 0.325 e. The molecule has 0 unspecified atom stereocenters. The molecule has 1 aliphatic carbocycles. The number of carbonyl (C=O) groups excluding carboxylic acids is 2. The Morgan fingerprint density at radius 1 is 1.10 bits per heavy atom. The minimum Gasteiger partial charge on any atom is -0.439 e. The van der Waals surface area contributed by atoms with Crippen molar-refractivity contribution in [2.75, 3.05) is 0 Å². The van der Waals surface area contributed by atoms with Crippen molar-refractivity contribution >= 4 is 11.9 Å². The highest BCUT2D eigenvalue weighted by Crippen LogP contribution is 2.33. The van der Waals surface area contributed by atoms with Crippen LogP contribution in [0.4, 0.5) is 4.79 Å². The molecule has 0 radical (unpaired) electrons. The number of aromatic nitrogens is 1. The summed E-state index contributed by atoms with van der Waals surface area (Å²) in [6.07, 6.45) is 4.84. The fourth-order valence-electron chi connectivity index (χ4n) is 4.17. The van der Waals surface area contributed by atoms with Gasteiger partial charge in [-0.25, -0.2) is 9.78 Å². The van der Waals surface area contributed by atoms with Crippen LogP contribution in [0.3, 0.4) is 0 Å². The van der Waals surface area contributed by atoms with Gasteiger partial charge in [-0.05, 0) is 42.9 Å². The summed E-state index contributed by atoms with van der Waals surface area (Å²) in [6, 6.07) is 15.2. The average Bonchev–Trinajstić information content (AvgIpc) is 3.44. The normalized spacial score (nSPS) is 20.8. The molecule has 2 aliphatic rings. The molecule has 1 fully saturated rings. The Morgan fingerprint density at radius 2 is 1.90 bits per heavy atom. The Hall–Kier alpha value is -3.41. The number of rotatable bonds is 4. The number of benzene rings is 2. The minimum absolute atomic E-state index is 0.00195. The Labute approximate surface area is 168 Å². The predicted molar refractivity (Wildman–Crippen MR) is 107 cm³/mol. The van der Waals surface area contributed by atoms with Crippen LogP contribution in [0.1, 0.15) is 35.9 Å². The molecule has 0 spiro atoms. The molecule has 146 valence electrons. The summed E-state index contributed by atoms with van der Waals surface area (Å²) in [6.45, 7) is 1.76. The van der Waals surface area contributed by atoms with Crippen LogP contribution >= 0.6 is 0 Å². The third-order valence-electron chi connectivity index (χ3n) is 5.86. The van der Waals surface area contributed by atoms with Crippen molar-refractivity contribution < 1.29 is 14.0 Å². The van der Waals surface area contributed by atoms with Crippen LogP contribution in [0.25, 0.3) is 11.3 Å². The number of nitrogens with one attached hydrogen (secondary N) is 1. The number of amides is 3. The van der Waals surface area contributed by atoms with E-state index in [4.69, 9.17) is 4.42 Å². The van der Waals surface area contributed by atoms with Gasteiger partial charge in [0.2, 0.25) is 5.89 Å². The van der Waals surface area contributed by atoms with E-state index >= 15 is 0 Å². The molecule has 2 aromatic carbocycles. The van der Waals surface area contributed by atoms with E-state index in [2.05, 4.69) is 22.4 Å². The zero-order valence-electron chi connectivity index (χ0n) is 16.1. The lowest BCUT2D eigenvalue weighted by Crippen LogP contribution is -2.41. The number of imide groups is 1. The third-order valence-corrected chi connectivity index (χ3v) is 5.86. The van der Waals surface area contributed by atoms with Crippen molar-refractivity contribution in [3.63, 3.8) is 0 Å². The van der Waals surface area contributed by atoms with Gasteiger partial charge >= 0.3 is 6.03 Å². The fraction of sp³-hybridized carbons (Fsp3) is 0.261. The Kier molecular flexibility index (Phi) is 4.01. The van der Waals surface area contributed by atoms with Gasteiger partial charge in [-0.1, -0.05) is 48.5 Å². The first-order valence-electron chi connectivity index (χ1n) is 9.81. The summed E-state index contributed by atoms with van der Waals surface area (Å²) in [4.78, 5) is 31.2. The zero-order valence-corrected chi connectivity index (χ0v) is 16.1. The maximum absolute atomic E-state index is 13.2. The molecule has 3 aromatic rings. The van der Waals surface area contributed by atoms with E-state index in [1.165, 1.54) is 16.0 Å². The van der Waals surface area contributed by atoms with Gasteiger partial charge in [-0.3, -0.25) is 9.69 Å². The van der Waals surface area contributed by atoms with Gasteiger partial charge in [0.05, 0.1) is 6.20 Å². The second-order valence-electron chi connectivity index (χ2n) is 7.77. The Morgan fingerprint density at radius 3 is 2.72 bits per heavy atom. The third kappa shape index (κ3) is 2.92. The lowest BCUT2D eigenvalue weighted by Gasteiger charge is -2.23.